The highest BCUT2D eigenvalue weighted by molar-refractivity contribution is 5.85. The lowest BCUT2D eigenvalue weighted by Crippen LogP contribution is -2.64. The van der Waals surface area contributed by atoms with Crippen molar-refractivity contribution in [3.63, 3.8) is 0 Å². The largest absolute Gasteiger partial charge is 0.459 e. The van der Waals surface area contributed by atoms with Gasteiger partial charge >= 0.3 is 30.0 Å². The van der Waals surface area contributed by atoms with Crippen molar-refractivity contribution in [3.8, 4) is 0 Å². The van der Waals surface area contributed by atoms with Crippen LogP contribution in [0.5, 0.6) is 0 Å². The minimum Gasteiger partial charge on any atom is -0.459 e. The van der Waals surface area contributed by atoms with Gasteiger partial charge in [-0.3, -0.25) is 14.4 Å². The molecule has 1 saturated carbocycles. The molecule has 0 bridgehead atoms. The molecule has 1 aliphatic heterocycles. The molecule has 14 nitrogen and oxygen atoms in total. The summed E-state index contributed by atoms with van der Waals surface area (Å²) in [5.74, 6) is -4.21. The maximum atomic E-state index is 13.4. The van der Waals surface area contributed by atoms with E-state index < -0.39 is 89.1 Å². The standard InChI is InChI=1S/C42H69NO13/c1-9-10-11-17-20-24-31(46)53-35-33-32(27(2)34(35)47)36-42(51,41(8,50)37(48)54-36)29(26-40(33,7)55-28(3)44)52-30(45)23-21-18-15-13-12-14-16-19-22-25-43-38(49)56-39(4,5)6/h29,33-36,47,50-51H,9-26H2,1-8H3,(H,43,49)/t29-,33+,34-,35-,36-,40-,41+,42+/m0/s1. The lowest BCUT2D eigenvalue weighted by molar-refractivity contribution is -0.211. The molecular formula is C42H69NO13. The molecule has 0 aromatic heterocycles. The van der Waals surface area contributed by atoms with Gasteiger partial charge in [0.25, 0.3) is 0 Å². The van der Waals surface area contributed by atoms with Gasteiger partial charge in [0.15, 0.2) is 17.3 Å². The van der Waals surface area contributed by atoms with E-state index in [1.54, 1.807) is 13.8 Å². The van der Waals surface area contributed by atoms with Gasteiger partial charge in [0, 0.05) is 32.7 Å². The smallest absolute Gasteiger partial charge is 0.407 e. The number of esters is 4. The van der Waals surface area contributed by atoms with Crippen molar-refractivity contribution in [3.05, 3.63) is 11.1 Å². The van der Waals surface area contributed by atoms with Crippen LogP contribution in [0.2, 0.25) is 0 Å². The van der Waals surface area contributed by atoms with Crippen LogP contribution in [0.15, 0.2) is 11.1 Å². The number of carbonyl (C=O) groups is 5. The number of fused-ring (bicyclic) bond motifs is 3. The molecule has 2 aliphatic carbocycles. The number of hydrogen-bond acceptors (Lipinski definition) is 13. The van der Waals surface area contributed by atoms with E-state index >= 15 is 0 Å². The van der Waals surface area contributed by atoms with Gasteiger partial charge in [0.1, 0.15) is 29.5 Å². The number of carbonyl (C=O) groups excluding carboxylic acids is 5. The molecule has 0 spiro atoms. The molecule has 8 atom stereocenters. The lowest BCUT2D eigenvalue weighted by atomic mass is 9.75. The van der Waals surface area contributed by atoms with Gasteiger partial charge in [0.2, 0.25) is 0 Å². The monoisotopic (exact) mass is 795 g/mol. The summed E-state index contributed by atoms with van der Waals surface area (Å²) in [5.41, 5.74) is -6.90. The van der Waals surface area contributed by atoms with Crippen LogP contribution in [0.25, 0.3) is 0 Å². The van der Waals surface area contributed by atoms with Crippen LogP contribution >= 0.6 is 0 Å². The molecular weight excluding hydrogens is 726 g/mol. The Hall–Kier alpha value is -3.23. The van der Waals surface area contributed by atoms with E-state index in [2.05, 4.69) is 12.2 Å². The number of aliphatic hydroxyl groups excluding tert-OH is 1. The van der Waals surface area contributed by atoms with Gasteiger partial charge in [-0.05, 0) is 72.0 Å². The molecule has 0 unspecified atom stereocenters. The molecule has 14 heteroatoms. The Morgan fingerprint density at radius 2 is 1.36 bits per heavy atom. The van der Waals surface area contributed by atoms with Gasteiger partial charge in [-0.15, -0.1) is 0 Å². The SMILES string of the molecule is CCCCCCCC(=O)O[C@H]1[C@H]2C(=C(C)[C@@H]1O)[C@@H]1OC(=O)[C@@](C)(O)[C@@]1(O)[C@@H](OC(=O)CCCCCCCCCCCNC(=O)OC(C)(C)C)C[C@]2(C)OC(C)=O. The summed E-state index contributed by atoms with van der Waals surface area (Å²) in [5, 5.41) is 38.2. The lowest BCUT2D eigenvalue weighted by Gasteiger charge is -2.41. The molecule has 0 aromatic rings. The number of hydrogen-bond donors (Lipinski definition) is 4. The van der Waals surface area contributed by atoms with Crippen molar-refractivity contribution in [2.75, 3.05) is 6.54 Å². The zero-order valence-electron chi connectivity index (χ0n) is 35.0. The minimum absolute atomic E-state index is 0.00544. The van der Waals surface area contributed by atoms with Gasteiger partial charge in [-0.1, -0.05) is 77.6 Å². The summed E-state index contributed by atoms with van der Waals surface area (Å²) in [4.78, 5) is 64.0. The zero-order valence-corrected chi connectivity index (χ0v) is 35.0. The molecule has 320 valence electrons. The first kappa shape index (κ1) is 47.1. The predicted molar refractivity (Wildman–Crippen MR) is 206 cm³/mol. The predicted octanol–water partition coefficient (Wildman–Crippen LogP) is 6.04. The third-order valence-corrected chi connectivity index (χ3v) is 11.3. The van der Waals surface area contributed by atoms with Crippen molar-refractivity contribution in [1.82, 2.24) is 5.32 Å². The second kappa shape index (κ2) is 20.5. The number of nitrogens with one attached hydrogen (secondary N) is 1. The van der Waals surface area contributed by atoms with Crippen LogP contribution in [0.4, 0.5) is 4.79 Å². The van der Waals surface area contributed by atoms with Crippen LogP contribution in [-0.2, 0) is 42.9 Å². The fraction of sp³-hybridized carbons (Fsp3) is 0.833. The Morgan fingerprint density at radius 1 is 0.839 bits per heavy atom. The molecule has 1 heterocycles. The molecule has 0 radical (unpaired) electrons. The van der Waals surface area contributed by atoms with Crippen molar-refractivity contribution in [2.24, 2.45) is 5.92 Å². The van der Waals surface area contributed by atoms with E-state index in [0.29, 0.717) is 19.4 Å². The van der Waals surface area contributed by atoms with Crippen molar-refractivity contribution < 1.29 is 63.0 Å². The number of aliphatic hydroxyl groups is 3. The summed E-state index contributed by atoms with van der Waals surface area (Å²) in [7, 11) is 0. The van der Waals surface area contributed by atoms with Gasteiger partial charge in [-0.2, -0.15) is 0 Å². The highest BCUT2D eigenvalue weighted by atomic mass is 16.6. The Morgan fingerprint density at radius 3 is 1.89 bits per heavy atom. The molecule has 3 rings (SSSR count). The third-order valence-electron chi connectivity index (χ3n) is 11.3. The average Bonchev–Trinajstić information content (AvgIpc) is 3.40. The zero-order chi connectivity index (χ0) is 41.9. The van der Waals surface area contributed by atoms with E-state index in [-0.39, 0.29) is 24.0 Å². The number of unbranched alkanes of at least 4 members (excludes halogenated alkanes) is 12. The molecule has 3 aliphatic rings. The molecule has 56 heavy (non-hydrogen) atoms. The minimum atomic E-state index is -2.56. The number of rotatable bonds is 21. The summed E-state index contributed by atoms with van der Waals surface area (Å²) >= 11 is 0. The number of ether oxygens (including phenoxy) is 5. The van der Waals surface area contributed by atoms with Gasteiger partial charge in [-0.25, -0.2) is 9.59 Å². The Bertz CT molecular complexity index is 1400. The maximum absolute atomic E-state index is 13.4. The first-order chi connectivity index (χ1) is 26.2. The Balaban J connectivity index is 1.64. The molecule has 0 aromatic carbocycles. The quantitative estimate of drug-likeness (QED) is 0.0454. The normalized spacial score (nSPS) is 29.8. The third kappa shape index (κ3) is 11.9. The molecule has 1 saturated heterocycles. The van der Waals surface area contributed by atoms with E-state index in [4.69, 9.17) is 23.7 Å². The topological polar surface area (TPSA) is 204 Å². The summed E-state index contributed by atoms with van der Waals surface area (Å²) < 4.78 is 28.6. The first-order valence-electron chi connectivity index (χ1n) is 20.8. The Labute approximate surface area is 332 Å². The number of alkyl carbamates (subject to hydrolysis) is 1. The average molecular weight is 796 g/mol. The van der Waals surface area contributed by atoms with E-state index in [0.717, 1.165) is 84.0 Å². The molecule has 4 N–H and O–H groups in total. The van der Waals surface area contributed by atoms with Gasteiger partial charge in [0.05, 0.1) is 5.92 Å². The second-order valence-electron chi connectivity index (χ2n) is 17.3. The highest BCUT2D eigenvalue weighted by Crippen LogP contribution is 2.57. The molecule has 2 fully saturated rings. The fourth-order valence-corrected chi connectivity index (χ4v) is 8.37. The van der Waals surface area contributed by atoms with Crippen LogP contribution in [0, 0.1) is 5.92 Å². The van der Waals surface area contributed by atoms with E-state index in [1.807, 2.05) is 20.8 Å². The van der Waals surface area contributed by atoms with Gasteiger partial charge < -0.3 is 44.3 Å². The summed E-state index contributed by atoms with van der Waals surface area (Å²) in [6.45, 7) is 13.5. The van der Waals surface area contributed by atoms with Crippen LogP contribution in [0.1, 0.15) is 165 Å². The van der Waals surface area contributed by atoms with E-state index in [9.17, 15) is 39.3 Å². The fourth-order valence-electron chi connectivity index (χ4n) is 8.37. The van der Waals surface area contributed by atoms with Crippen molar-refractivity contribution in [2.45, 2.75) is 211 Å². The molecule has 1 amide bonds. The first-order valence-corrected chi connectivity index (χ1v) is 20.8. The van der Waals surface area contributed by atoms with Crippen molar-refractivity contribution in [1.29, 1.82) is 0 Å². The highest BCUT2D eigenvalue weighted by Gasteiger charge is 2.75. The second-order valence-corrected chi connectivity index (χ2v) is 17.3. The van der Waals surface area contributed by atoms with Crippen LogP contribution in [0.3, 0.4) is 0 Å². The van der Waals surface area contributed by atoms with Crippen LogP contribution in [-0.4, -0.2) is 98.7 Å². The summed E-state index contributed by atoms with van der Waals surface area (Å²) in [6, 6.07) is 0. The Kier molecular flexibility index (Phi) is 17.2. The van der Waals surface area contributed by atoms with Crippen LogP contribution < -0.4 is 5.32 Å². The van der Waals surface area contributed by atoms with Crippen molar-refractivity contribution >= 4 is 30.0 Å². The summed E-state index contributed by atoms with van der Waals surface area (Å²) in [6.07, 6.45) is 6.11. The van der Waals surface area contributed by atoms with E-state index in [1.165, 1.54) is 6.92 Å². The number of amides is 1. The maximum Gasteiger partial charge on any atom is 0.407 e.